The van der Waals surface area contributed by atoms with Crippen molar-refractivity contribution in [3.8, 4) is 0 Å². The summed E-state index contributed by atoms with van der Waals surface area (Å²) in [5.74, 6) is 0. The first-order valence-electron chi connectivity index (χ1n) is 8.25. The predicted molar refractivity (Wildman–Crippen MR) is 106 cm³/mol. The number of thioether (sulfide) groups is 1. The summed E-state index contributed by atoms with van der Waals surface area (Å²) in [6.45, 7) is 6.94. The zero-order valence-corrected chi connectivity index (χ0v) is 16.6. The molecule has 2 aromatic rings. The molecule has 0 aliphatic heterocycles. The van der Waals surface area contributed by atoms with Gasteiger partial charge in [-0.05, 0) is 44.5 Å². The van der Waals surface area contributed by atoms with Crippen molar-refractivity contribution in [1.29, 1.82) is 0 Å². The first kappa shape index (κ1) is 20.7. The summed E-state index contributed by atoms with van der Waals surface area (Å²) in [5, 5.41) is 10.5. The quantitative estimate of drug-likeness (QED) is 0.394. The van der Waals surface area contributed by atoms with Gasteiger partial charge in [-0.25, -0.2) is 0 Å². The van der Waals surface area contributed by atoms with E-state index >= 15 is 0 Å². The zero-order valence-electron chi connectivity index (χ0n) is 15.0. The molecule has 0 radical (unpaired) electrons. The lowest BCUT2D eigenvalue weighted by molar-refractivity contribution is 0.00833. The van der Waals surface area contributed by atoms with Gasteiger partial charge in [-0.3, -0.25) is 4.18 Å². The Kier molecular flexibility index (Phi) is 7.06. The van der Waals surface area contributed by atoms with Crippen molar-refractivity contribution in [2.45, 2.75) is 40.9 Å². The summed E-state index contributed by atoms with van der Waals surface area (Å²) < 4.78 is 29.7. The first-order chi connectivity index (χ1) is 12.2. The average Bonchev–Trinajstić information content (AvgIpc) is 2.61. The molecule has 1 N–H and O–H groups in total. The van der Waals surface area contributed by atoms with Gasteiger partial charge in [0.2, 0.25) is 0 Å². The maximum atomic E-state index is 12.3. The molecule has 6 heteroatoms. The van der Waals surface area contributed by atoms with Crippen LogP contribution in [-0.2, 0) is 14.3 Å². The van der Waals surface area contributed by atoms with Crippen LogP contribution in [0.5, 0.6) is 0 Å². The van der Waals surface area contributed by atoms with Gasteiger partial charge < -0.3 is 5.11 Å². The molecule has 2 aromatic carbocycles. The summed E-state index contributed by atoms with van der Waals surface area (Å²) in [6.07, 6.45) is 2.07. The van der Waals surface area contributed by atoms with E-state index in [2.05, 4.69) is 6.58 Å². The van der Waals surface area contributed by atoms with Crippen LogP contribution in [-0.4, -0.2) is 31.0 Å². The van der Waals surface area contributed by atoms with Crippen molar-refractivity contribution in [3.05, 3.63) is 72.8 Å². The number of hydrogen-bond acceptors (Lipinski definition) is 5. The van der Waals surface area contributed by atoms with Crippen LogP contribution in [0.1, 0.15) is 18.9 Å². The smallest absolute Gasteiger partial charge is 0.297 e. The van der Waals surface area contributed by atoms with Crippen LogP contribution in [0.4, 0.5) is 0 Å². The maximum absolute atomic E-state index is 12.3. The Bertz CT molecular complexity index is 813. The van der Waals surface area contributed by atoms with Crippen LogP contribution in [0.25, 0.3) is 0 Å². The van der Waals surface area contributed by atoms with Crippen molar-refractivity contribution in [3.63, 3.8) is 0 Å². The molecule has 2 unspecified atom stereocenters. The van der Waals surface area contributed by atoms with Crippen molar-refractivity contribution in [2.75, 3.05) is 6.61 Å². The summed E-state index contributed by atoms with van der Waals surface area (Å²) in [6, 6.07) is 16.2. The zero-order chi connectivity index (χ0) is 19.2. The van der Waals surface area contributed by atoms with E-state index < -0.39 is 15.7 Å². The molecule has 0 saturated carbocycles. The Labute approximate surface area is 160 Å². The summed E-state index contributed by atoms with van der Waals surface area (Å²) >= 11 is 1.56. The number of hydrogen-bond donors (Lipinski definition) is 1. The minimum Gasteiger partial charge on any atom is -0.388 e. The van der Waals surface area contributed by atoms with E-state index in [0.29, 0.717) is 6.42 Å². The van der Waals surface area contributed by atoms with E-state index in [4.69, 9.17) is 4.18 Å². The lowest BCUT2D eigenvalue weighted by Gasteiger charge is -2.26. The minimum atomic E-state index is -3.90. The van der Waals surface area contributed by atoms with Crippen LogP contribution >= 0.6 is 11.8 Å². The maximum Gasteiger partial charge on any atom is 0.297 e. The minimum absolute atomic E-state index is 0.0712. The van der Waals surface area contributed by atoms with E-state index in [9.17, 15) is 13.5 Å². The van der Waals surface area contributed by atoms with Crippen molar-refractivity contribution in [2.24, 2.45) is 0 Å². The van der Waals surface area contributed by atoms with Gasteiger partial charge >= 0.3 is 0 Å². The Balaban J connectivity index is 1.98. The molecule has 2 atom stereocenters. The van der Waals surface area contributed by atoms with Gasteiger partial charge in [0.1, 0.15) is 0 Å². The molecule has 0 heterocycles. The molecule has 0 spiro atoms. The fraction of sp³-hybridized carbons (Fsp3) is 0.300. The highest BCUT2D eigenvalue weighted by Crippen LogP contribution is 2.30. The normalized spacial score (nSPS) is 15.2. The topological polar surface area (TPSA) is 63.6 Å². The van der Waals surface area contributed by atoms with Gasteiger partial charge in [0, 0.05) is 10.1 Å². The second kappa shape index (κ2) is 8.86. The van der Waals surface area contributed by atoms with Crippen molar-refractivity contribution < 1.29 is 17.7 Å². The lowest BCUT2D eigenvalue weighted by atomic mass is 10.0. The fourth-order valence-electron chi connectivity index (χ4n) is 2.32. The average molecular weight is 393 g/mol. The molecule has 0 aliphatic carbocycles. The first-order valence-corrected chi connectivity index (χ1v) is 10.5. The van der Waals surface area contributed by atoms with Crippen LogP contribution in [0.3, 0.4) is 0 Å². The van der Waals surface area contributed by atoms with Gasteiger partial charge in [-0.1, -0.05) is 42.0 Å². The Morgan fingerprint density at radius 2 is 1.81 bits per heavy atom. The van der Waals surface area contributed by atoms with E-state index in [0.717, 1.165) is 10.5 Å². The predicted octanol–water partition coefficient (Wildman–Crippen LogP) is 4.19. The number of aryl methyl sites for hydroxylation is 1. The molecule has 4 nitrogen and oxygen atoms in total. The van der Waals surface area contributed by atoms with Gasteiger partial charge in [0.15, 0.2) is 0 Å². The van der Waals surface area contributed by atoms with Gasteiger partial charge in [0.25, 0.3) is 10.1 Å². The molecular weight excluding hydrogens is 368 g/mol. The standard InChI is InChI=1S/C20H24O4S2/c1-4-17(25-18-8-6-5-7-9-18)14-20(3,21)15-24-26(22,23)19-12-10-16(2)11-13-19/h4-13,17,21H,1,14-15H2,2-3H3. The molecule has 0 fully saturated rings. The van der Waals surface area contributed by atoms with Crippen LogP contribution < -0.4 is 0 Å². The van der Waals surface area contributed by atoms with Gasteiger partial charge in [0.05, 0.1) is 17.1 Å². The fourth-order valence-corrected chi connectivity index (χ4v) is 4.53. The van der Waals surface area contributed by atoms with Crippen LogP contribution in [0.15, 0.2) is 77.0 Å². The molecule has 140 valence electrons. The summed E-state index contributed by atoms with van der Waals surface area (Å²) in [5.41, 5.74) is -0.346. The number of rotatable bonds is 9. The highest BCUT2D eigenvalue weighted by Gasteiger charge is 2.28. The highest BCUT2D eigenvalue weighted by atomic mass is 32.2. The van der Waals surface area contributed by atoms with E-state index in [1.54, 1.807) is 36.9 Å². The molecule has 0 amide bonds. The molecular formula is C20H24O4S2. The molecule has 26 heavy (non-hydrogen) atoms. The number of aliphatic hydroxyl groups is 1. The molecule has 0 aliphatic rings. The van der Waals surface area contributed by atoms with Gasteiger partial charge in [-0.15, -0.1) is 18.3 Å². The third-order valence-electron chi connectivity index (χ3n) is 3.77. The Hall–Kier alpha value is -1.60. The molecule has 0 saturated heterocycles. The summed E-state index contributed by atoms with van der Waals surface area (Å²) in [4.78, 5) is 1.14. The number of benzene rings is 2. The molecule has 0 aromatic heterocycles. The summed E-state index contributed by atoms with van der Waals surface area (Å²) in [7, 11) is -3.90. The monoisotopic (exact) mass is 392 g/mol. The third-order valence-corrected chi connectivity index (χ3v) is 6.25. The van der Waals surface area contributed by atoms with Gasteiger partial charge in [-0.2, -0.15) is 8.42 Å². The lowest BCUT2D eigenvalue weighted by Crippen LogP contribution is -2.34. The Morgan fingerprint density at radius 3 is 2.38 bits per heavy atom. The van der Waals surface area contributed by atoms with Crippen molar-refractivity contribution in [1.82, 2.24) is 0 Å². The SMILES string of the molecule is C=CC(CC(C)(O)COS(=O)(=O)c1ccc(C)cc1)Sc1ccccc1. The van der Waals surface area contributed by atoms with E-state index in [1.165, 1.54) is 12.1 Å². The Morgan fingerprint density at radius 1 is 1.19 bits per heavy atom. The van der Waals surface area contributed by atoms with E-state index in [-0.39, 0.29) is 16.8 Å². The second-order valence-electron chi connectivity index (χ2n) is 6.44. The van der Waals surface area contributed by atoms with Crippen molar-refractivity contribution >= 4 is 21.9 Å². The highest BCUT2D eigenvalue weighted by molar-refractivity contribution is 8.00. The second-order valence-corrected chi connectivity index (χ2v) is 9.36. The third kappa shape index (κ3) is 6.29. The van der Waals surface area contributed by atoms with E-state index in [1.807, 2.05) is 37.3 Å². The molecule has 0 bridgehead atoms. The molecule has 2 rings (SSSR count). The largest absolute Gasteiger partial charge is 0.388 e. The van der Waals surface area contributed by atoms with Crippen LogP contribution in [0, 0.1) is 6.92 Å². The van der Waals surface area contributed by atoms with Crippen LogP contribution in [0.2, 0.25) is 0 Å².